The molecule has 3 rings (SSSR count). The minimum atomic E-state index is 0.757. The van der Waals surface area contributed by atoms with Crippen LogP contribution < -0.4 is 0 Å². The molecule has 2 aliphatic rings. The van der Waals surface area contributed by atoms with Gasteiger partial charge in [-0.15, -0.1) is 0 Å². The van der Waals surface area contributed by atoms with E-state index in [4.69, 9.17) is 0 Å². The molecule has 0 nitrogen and oxygen atoms in total. The molecule has 168 valence electrons. The Morgan fingerprint density at radius 1 is 0.700 bits per heavy atom. The molecule has 0 heterocycles. The third-order valence-corrected chi connectivity index (χ3v) is 8.22. The zero-order valence-electron chi connectivity index (χ0n) is 20.4. The molecule has 30 heavy (non-hydrogen) atoms. The van der Waals surface area contributed by atoms with Crippen LogP contribution in [0.2, 0.25) is 0 Å². The summed E-state index contributed by atoms with van der Waals surface area (Å²) in [6.45, 7) is 7.04. The summed E-state index contributed by atoms with van der Waals surface area (Å²) in [4.78, 5) is 0. The number of benzene rings is 1. The van der Waals surface area contributed by atoms with Crippen LogP contribution in [0.5, 0.6) is 0 Å². The Bertz CT molecular complexity index is 627. The highest BCUT2D eigenvalue weighted by atomic mass is 14.3. The molecule has 1 aromatic carbocycles. The van der Waals surface area contributed by atoms with Gasteiger partial charge in [0.2, 0.25) is 0 Å². The summed E-state index contributed by atoms with van der Waals surface area (Å²) in [5, 5.41) is 0. The molecule has 1 aromatic rings. The van der Waals surface area contributed by atoms with Crippen molar-refractivity contribution in [2.45, 2.75) is 135 Å². The van der Waals surface area contributed by atoms with Gasteiger partial charge in [0.15, 0.2) is 0 Å². The maximum absolute atomic E-state index is 2.48. The lowest BCUT2D eigenvalue weighted by atomic mass is 9.76. The van der Waals surface area contributed by atoms with E-state index in [-0.39, 0.29) is 0 Å². The molecule has 1 unspecified atom stereocenters. The Balaban J connectivity index is 1.46. The number of hydrogen-bond donors (Lipinski definition) is 0. The monoisotopic (exact) mass is 408 g/mol. The summed E-state index contributed by atoms with van der Waals surface area (Å²) >= 11 is 0. The van der Waals surface area contributed by atoms with Gasteiger partial charge in [-0.3, -0.25) is 0 Å². The highest BCUT2D eigenvalue weighted by Crippen LogP contribution is 2.40. The molecule has 0 aromatic heterocycles. The minimum absolute atomic E-state index is 0.757. The summed E-state index contributed by atoms with van der Waals surface area (Å²) in [5.74, 6) is 2.59. The van der Waals surface area contributed by atoms with Gasteiger partial charge < -0.3 is 0 Å². The molecule has 0 aliphatic heterocycles. The van der Waals surface area contributed by atoms with Crippen molar-refractivity contribution in [1.29, 1.82) is 0 Å². The van der Waals surface area contributed by atoms with Gasteiger partial charge in [0, 0.05) is 0 Å². The van der Waals surface area contributed by atoms with E-state index in [0.29, 0.717) is 0 Å². The van der Waals surface area contributed by atoms with Gasteiger partial charge >= 0.3 is 0 Å². The van der Waals surface area contributed by atoms with Crippen molar-refractivity contribution in [3.63, 3.8) is 0 Å². The van der Waals surface area contributed by atoms with Crippen LogP contribution in [0.25, 0.3) is 0 Å². The summed E-state index contributed by atoms with van der Waals surface area (Å²) in [6.07, 6.45) is 22.4. The van der Waals surface area contributed by atoms with E-state index in [1.165, 1.54) is 103 Å². The second kappa shape index (κ2) is 12.7. The molecule has 2 aliphatic carbocycles. The predicted octanol–water partition coefficient (Wildman–Crippen LogP) is 10.1. The quantitative estimate of drug-likeness (QED) is 0.252. The molecule has 1 fully saturated rings. The molecular weight excluding hydrogens is 360 g/mol. The molecule has 0 amide bonds. The maximum atomic E-state index is 2.48. The Kier molecular flexibility index (Phi) is 10.0. The Hall–Kier alpha value is -1.04. The molecule has 0 radical (unpaired) electrons. The zero-order valence-corrected chi connectivity index (χ0v) is 20.4. The van der Waals surface area contributed by atoms with E-state index < -0.39 is 0 Å². The average Bonchev–Trinajstić information content (AvgIpc) is 2.78. The van der Waals surface area contributed by atoms with Gasteiger partial charge in [-0.25, -0.2) is 0 Å². The average molecular weight is 409 g/mol. The van der Waals surface area contributed by atoms with E-state index in [2.05, 4.69) is 45.0 Å². The predicted molar refractivity (Wildman–Crippen MR) is 133 cm³/mol. The van der Waals surface area contributed by atoms with E-state index in [9.17, 15) is 0 Å². The van der Waals surface area contributed by atoms with Crippen molar-refractivity contribution in [3.05, 3.63) is 46.5 Å². The van der Waals surface area contributed by atoms with Gasteiger partial charge in [0.05, 0.1) is 0 Å². The van der Waals surface area contributed by atoms with Gasteiger partial charge in [-0.2, -0.15) is 0 Å². The highest BCUT2D eigenvalue weighted by Gasteiger charge is 2.23. The maximum Gasteiger partial charge on any atom is -0.0122 e. The molecule has 0 N–H and O–H groups in total. The van der Waals surface area contributed by atoms with Crippen molar-refractivity contribution in [3.8, 4) is 0 Å². The van der Waals surface area contributed by atoms with Crippen LogP contribution >= 0.6 is 0 Å². The second-order valence-corrected chi connectivity index (χ2v) is 10.5. The first-order chi connectivity index (χ1) is 14.7. The number of rotatable bonds is 11. The first kappa shape index (κ1) is 23.6. The normalized spacial score (nSPS) is 25.0. The van der Waals surface area contributed by atoms with Crippen LogP contribution in [0, 0.1) is 5.92 Å². The van der Waals surface area contributed by atoms with Crippen LogP contribution in [0.1, 0.15) is 146 Å². The first-order valence-electron chi connectivity index (χ1n) is 13.5. The summed E-state index contributed by atoms with van der Waals surface area (Å²) in [7, 11) is 0. The number of allylic oxidation sites excluding steroid dienone is 2. The van der Waals surface area contributed by atoms with E-state index in [1.807, 2.05) is 0 Å². The van der Waals surface area contributed by atoms with E-state index >= 15 is 0 Å². The molecule has 1 saturated carbocycles. The summed E-state index contributed by atoms with van der Waals surface area (Å²) in [6, 6.07) is 9.92. The fourth-order valence-corrected chi connectivity index (χ4v) is 6.07. The fourth-order valence-electron chi connectivity index (χ4n) is 6.07. The molecule has 0 saturated heterocycles. The third-order valence-electron chi connectivity index (χ3n) is 8.22. The Morgan fingerprint density at radius 3 is 1.97 bits per heavy atom. The lowest BCUT2D eigenvalue weighted by molar-refractivity contribution is 0.303. The van der Waals surface area contributed by atoms with Crippen molar-refractivity contribution in [2.24, 2.45) is 5.92 Å². The number of unbranched alkanes of at least 4 members (excludes halogenated alkanes) is 5. The smallest absolute Gasteiger partial charge is 0.0122 e. The summed E-state index contributed by atoms with van der Waals surface area (Å²) < 4.78 is 0. The van der Waals surface area contributed by atoms with Crippen molar-refractivity contribution >= 4 is 0 Å². The lowest BCUT2D eigenvalue weighted by Gasteiger charge is -2.30. The van der Waals surface area contributed by atoms with E-state index in [0.717, 1.165) is 17.8 Å². The van der Waals surface area contributed by atoms with Gasteiger partial charge in [0.25, 0.3) is 0 Å². The Morgan fingerprint density at radius 2 is 1.33 bits per heavy atom. The van der Waals surface area contributed by atoms with Crippen LogP contribution in [0.15, 0.2) is 35.4 Å². The molecule has 0 spiro atoms. The molecule has 1 atom stereocenters. The van der Waals surface area contributed by atoms with Crippen LogP contribution in [0.3, 0.4) is 0 Å². The highest BCUT2D eigenvalue weighted by molar-refractivity contribution is 5.31. The van der Waals surface area contributed by atoms with Crippen molar-refractivity contribution < 1.29 is 0 Å². The van der Waals surface area contributed by atoms with Gasteiger partial charge in [-0.1, -0.05) is 94.2 Å². The Labute approximate surface area is 187 Å². The van der Waals surface area contributed by atoms with Crippen LogP contribution in [0.4, 0.5) is 0 Å². The van der Waals surface area contributed by atoms with Crippen LogP contribution in [-0.4, -0.2) is 0 Å². The second-order valence-electron chi connectivity index (χ2n) is 10.5. The standard InChI is InChI=1S/C30H48/c1-4-6-8-10-12-26-17-22-30(23-24(26)3)29-20-18-28(19-21-29)27-15-13-25(14-16-27)11-9-7-5-2/h18-21,25,27,30H,4-17,22-23H2,1-3H3/t25-,27-,30?. The first-order valence-corrected chi connectivity index (χ1v) is 13.5. The fraction of sp³-hybridized carbons (Fsp3) is 0.733. The molecule has 0 bridgehead atoms. The van der Waals surface area contributed by atoms with Crippen molar-refractivity contribution in [1.82, 2.24) is 0 Å². The molecular formula is C30H48. The topological polar surface area (TPSA) is 0 Å². The lowest BCUT2D eigenvalue weighted by Crippen LogP contribution is -2.13. The largest absolute Gasteiger partial charge is 0.0735 e. The molecule has 0 heteroatoms. The van der Waals surface area contributed by atoms with E-state index in [1.54, 1.807) is 22.3 Å². The number of hydrogen-bond acceptors (Lipinski definition) is 0. The van der Waals surface area contributed by atoms with Gasteiger partial charge in [-0.05, 0) is 93.6 Å². The van der Waals surface area contributed by atoms with Crippen LogP contribution in [-0.2, 0) is 0 Å². The SMILES string of the molecule is CCCCCCC1=C(C)CC(c2ccc([C@H]3CC[C@H](CCCCC)CC3)cc2)CC1. The van der Waals surface area contributed by atoms with Crippen molar-refractivity contribution in [2.75, 3.05) is 0 Å². The van der Waals surface area contributed by atoms with Gasteiger partial charge in [0.1, 0.15) is 0 Å². The third kappa shape index (κ3) is 7.00. The minimum Gasteiger partial charge on any atom is -0.0735 e. The summed E-state index contributed by atoms with van der Waals surface area (Å²) in [5.41, 5.74) is 6.70. The zero-order chi connectivity index (χ0) is 21.2.